The summed E-state index contributed by atoms with van der Waals surface area (Å²) < 4.78 is 1.12. The topological polar surface area (TPSA) is 83.6 Å². The quantitative estimate of drug-likeness (QED) is 0.473. The Morgan fingerprint density at radius 1 is 1.22 bits per heavy atom. The van der Waals surface area contributed by atoms with Gasteiger partial charge in [-0.2, -0.15) is 4.98 Å². The lowest BCUT2D eigenvalue weighted by atomic mass is 10.3. The van der Waals surface area contributed by atoms with E-state index in [-0.39, 0.29) is 11.7 Å². The minimum atomic E-state index is -0.0969. The van der Waals surface area contributed by atoms with Crippen LogP contribution in [0.15, 0.2) is 53.8 Å². The zero-order chi connectivity index (χ0) is 16.1. The van der Waals surface area contributed by atoms with E-state index in [0.717, 1.165) is 15.0 Å². The minimum absolute atomic E-state index is 0.0969. The van der Waals surface area contributed by atoms with Crippen molar-refractivity contribution in [3.63, 3.8) is 0 Å². The molecule has 2 aromatic heterocycles. The maximum absolute atomic E-state index is 11.9. The second-order valence-corrected chi connectivity index (χ2v) is 6.71. The molecule has 3 aromatic rings. The molecule has 0 bridgehead atoms. The van der Waals surface area contributed by atoms with Crippen molar-refractivity contribution in [1.29, 1.82) is 0 Å². The number of carbonyl (C=O) groups excluding carboxylic acids is 1. The molecule has 0 saturated carbocycles. The highest BCUT2D eigenvalue weighted by Crippen LogP contribution is 2.18. The molecule has 0 saturated heterocycles. The molecule has 0 unspecified atom stereocenters. The highest BCUT2D eigenvalue weighted by atomic mass is 127. The van der Waals surface area contributed by atoms with Gasteiger partial charge in [0.05, 0.1) is 5.75 Å². The highest BCUT2D eigenvalue weighted by molar-refractivity contribution is 14.1. The van der Waals surface area contributed by atoms with E-state index in [0.29, 0.717) is 11.0 Å². The van der Waals surface area contributed by atoms with E-state index in [4.69, 9.17) is 0 Å². The molecule has 0 fully saturated rings. The Labute approximate surface area is 150 Å². The zero-order valence-electron chi connectivity index (χ0n) is 11.9. The molecule has 0 radical (unpaired) electrons. The van der Waals surface area contributed by atoms with Crippen LogP contribution >= 0.6 is 34.4 Å². The van der Waals surface area contributed by atoms with Gasteiger partial charge >= 0.3 is 0 Å². The van der Waals surface area contributed by atoms with Gasteiger partial charge < -0.3 is 5.32 Å². The molecule has 0 spiro atoms. The predicted molar refractivity (Wildman–Crippen MR) is 98.1 cm³/mol. The van der Waals surface area contributed by atoms with Gasteiger partial charge in [-0.05, 0) is 59.0 Å². The van der Waals surface area contributed by atoms with Gasteiger partial charge in [0.2, 0.25) is 11.1 Å². The van der Waals surface area contributed by atoms with E-state index < -0.39 is 0 Å². The molecule has 116 valence electrons. The number of anilines is 1. The summed E-state index contributed by atoms with van der Waals surface area (Å²) in [5.41, 5.74) is 1.50. The van der Waals surface area contributed by atoms with E-state index in [2.05, 4.69) is 48.1 Å². The number of aromatic amines is 1. The van der Waals surface area contributed by atoms with Crippen LogP contribution in [0.1, 0.15) is 0 Å². The second kappa shape index (κ2) is 7.55. The number of H-pyrrole nitrogens is 1. The number of benzene rings is 1. The Hall–Kier alpha value is -1.94. The van der Waals surface area contributed by atoms with Crippen molar-refractivity contribution in [2.24, 2.45) is 0 Å². The first kappa shape index (κ1) is 15.9. The van der Waals surface area contributed by atoms with Crippen LogP contribution in [0, 0.1) is 3.57 Å². The normalized spacial score (nSPS) is 10.5. The number of rotatable bonds is 5. The lowest BCUT2D eigenvalue weighted by Gasteiger charge is -2.03. The van der Waals surface area contributed by atoms with Crippen LogP contribution < -0.4 is 5.32 Å². The van der Waals surface area contributed by atoms with Gasteiger partial charge in [0.1, 0.15) is 5.69 Å². The monoisotopic (exact) mass is 437 g/mol. The lowest BCUT2D eigenvalue weighted by molar-refractivity contribution is -0.113. The van der Waals surface area contributed by atoms with Crippen molar-refractivity contribution in [2.45, 2.75) is 5.16 Å². The summed E-state index contributed by atoms with van der Waals surface area (Å²) in [6.07, 6.45) is 1.69. The van der Waals surface area contributed by atoms with E-state index in [1.165, 1.54) is 11.8 Å². The van der Waals surface area contributed by atoms with Crippen molar-refractivity contribution in [3.05, 3.63) is 52.2 Å². The Morgan fingerprint density at radius 2 is 2.04 bits per heavy atom. The number of halogens is 1. The fraction of sp³-hybridized carbons (Fsp3) is 0.0667. The molecule has 2 N–H and O–H groups in total. The molecule has 0 atom stereocenters. The number of amides is 1. The molecule has 23 heavy (non-hydrogen) atoms. The third kappa shape index (κ3) is 4.52. The number of carbonyl (C=O) groups is 1. The van der Waals surface area contributed by atoms with Crippen molar-refractivity contribution in [1.82, 2.24) is 20.2 Å². The first-order chi connectivity index (χ1) is 11.2. The van der Waals surface area contributed by atoms with Crippen molar-refractivity contribution >= 4 is 45.9 Å². The molecule has 0 aliphatic heterocycles. The molecule has 0 aliphatic carbocycles. The molecule has 1 amide bonds. The molecule has 8 heteroatoms. The molecule has 1 aromatic carbocycles. The van der Waals surface area contributed by atoms with Crippen LogP contribution in [0.3, 0.4) is 0 Å². The van der Waals surface area contributed by atoms with Crippen LogP contribution in [0.4, 0.5) is 5.69 Å². The van der Waals surface area contributed by atoms with Gasteiger partial charge in [0.15, 0.2) is 5.82 Å². The van der Waals surface area contributed by atoms with Crippen molar-refractivity contribution in [3.8, 4) is 11.5 Å². The zero-order valence-corrected chi connectivity index (χ0v) is 14.8. The molecular formula is C15H12IN5OS. The van der Waals surface area contributed by atoms with Gasteiger partial charge in [-0.3, -0.25) is 14.9 Å². The largest absolute Gasteiger partial charge is 0.325 e. The molecule has 3 rings (SSSR count). The summed E-state index contributed by atoms with van der Waals surface area (Å²) in [5.74, 6) is 0.734. The standard InChI is InChI=1S/C15H12IN5OS/c16-10-4-6-11(7-5-10)18-13(22)9-23-15-19-14(20-21-15)12-3-1-2-8-17-12/h1-8H,9H2,(H,18,22)(H,19,20,21). The first-order valence-electron chi connectivity index (χ1n) is 6.73. The minimum Gasteiger partial charge on any atom is -0.325 e. The fourth-order valence-corrected chi connectivity index (χ4v) is 2.75. The summed E-state index contributed by atoms with van der Waals surface area (Å²) in [5, 5.41) is 10.3. The fourth-order valence-electron chi connectivity index (χ4n) is 1.79. The Balaban J connectivity index is 1.55. The highest BCUT2D eigenvalue weighted by Gasteiger charge is 2.09. The average molecular weight is 437 g/mol. The summed E-state index contributed by atoms with van der Waals surface area (Å²) in [4.78, 5) is 20.5. The second-order valence-electron chi connectivity index (χ2n) is 4.53. The Kier molecular flexibility index (Phi) is 5.23. The van der Waals surface area contributed by atoms with E-state index in [1.54, 1.807) is 6.20 Å². The van der Waals surface area contributed by atoms with Crippen molar-refractivity contribution in [2.75, 3.05) is 11.1 Å². The van der Waals surface area contributed by atoms with Gasteiger partial charge in [-0.25, -0.2) is 0 Å². The summed E-state index contributed by atoms with van der Waals surface area (Å²) in [6.45, 7) is 0. The molecular weight excluding hydrogens is 425 g/mol. The third-order valence-electron chi connectivity index (χ3n) is 2.83. The van der Waals surface area contributed by atoms with Gasteiger partial charge in [0.25, 0.3) is 0 Å². The molecule has 2 heterocycles. The van der Waals surface area contributed by atoms with Crippen LogP contribution in [0.25, 0.3) is 11.5 Å². The number of hydrogen-bond acceptors (Lipinski definition) is 5. The summed E-state index contributed by atoms with van der Waals surface area (Å²) in [6, 6.07) is 13.2. The van der Waals surface area contributed by atoms with Crippen LogP contribution in [-0.2, 0) is 4.79 Å². The van der Waals surface area contributed by atoms with Gasteiger partial charge in [-0.15, -0.1) is 5.10 Å². The van der Waals surface area contributed by atoms with Gasteiger partial charge in [-0.1, -0.05) is 17.8 Å². The SMILES string of the molecule is O=C(CSc1n[nH]c(-c2ccccn2)n1)Nc1ccc(I)cc1. The Bertz CT molecular complexity index is 791. The lowest BCUT2D eigenvalue weighted by Crippen LogP contribution is -2.14. The number of aromatic nitrogens is 4. The van der Waals surface area contributed by atoms with E-state index in [9.17, 15) is 4.79 Å². The number of hydrogen-bond donors (Lipinski definition) is 2. The summed E-state index contributed by atoms with van der Waals surface area (Å²) in [7, 11) is 0. The maximum Gasteiger partial charge on any atom is 0.234 e. The maximum atomic E-state index is 11.9. The number of thioether (sulfide) groups is 1. The number of nitrogens with zero attached hydrogens (tertiary/aromatic N) is 3. The van der Waals surface area contributed by atoms with Gasteiger partial charge in [0, 0.05) is 15.5 Å². The average Bonchev–Trinajstić information content (AvgIpc) is 3.05. The van der Waals surface area contributed by atoms with Crippen LogP contribution in [0.5, 0.6) is 0 Å². The van der Waals surface area contributed by atoms with E-state index >= 15 is 0 Å². The molecule has 0 aliphatic rings. The third-order valence-corrected chi connectivity index (χ3v) is 4.40. The van der Waals surface area contributed by atoms with E-state index in [1.807, 2.05) is 42.5 Å². The summed E-state index contributed by atoms with van der Waals surface area (Å²) >= 11 is 3.49. The predicted octanol–water partition coefficient (Wildman–Crippen LogP) is 3.20. The first-order valence-corrected chi connectivity index (χ1v) is 8.79. The number of pyridine rings is 1. The smallest absolute Gasteiger partial charge is 0.234 e. The number of nitrogens with one attached hydrogen (secondary N) is 2. The Morgan fingerprint density at radius 3 is 2.78 bits per heavy atom. The molecule has 6 nitrogen and oxygen atoms in total. The van der Waals surface area contributed by atoms with Crippen molar-refractivity contribution < 1.29 is 4.79 Å². The van der Waals surface area contributed by atoms with Crippen LogP contribution in [0.2, 0.25) is 0 Å². The van der Waals surface area contributed by atoms with Crippen LogP contribution in [-0.4, -0.2) is 31.8 Å².